The van der Waals surface area contributed by atoms with E-state index in [2.05, 4.69) is 10.3 Å². The Bertz CT molecular complexity index is 367. The molecule has 0 aliphatic carbocycles. The third-order valence-corrected chi connectivity index (χ3v) is 2.71. The van der Waals surface area contributed by atoms with E-state index < -0.39 is 0 Å². The van der Waals surface area contributed by atoms with Gasteiger partial charge in [-0.2, -0.15) is 0 Å². The van der Waals surface area contributed by atoms with Crippen LogP contribution < -0.4 is 5.32 Å². The molecule has 1 aliphatic rings. The van der Waals surface area contributed by atoms with Crippen LogP contribution in [-0.4, -0.2) is 41.1 Å². The SMILES string of the molecule is Cc1ncc(C(=O)C2COCCN2)n1C. The van der Waals surface area contributed by atoms with Gasteiger partial charge >= 0.3 is 0 Å². The zero-order valence-electron chi connectivity index (χ0n) is 8.99. The van der Waals surface area contributed by atoms with Gasteiger partial charge in [0.15, 0.2) is 5.78 Å². The summed E-state index contributed by atoms with van der Waals surface area (Å²) in [6.45, 7) is 3.73. The third-order valence-electron chi connectivity index (χ3n) is 2.71. The Morgan fingerprint density at radius 2 is 2.53 bits per heavy atom. The van der Waals surface area contributed by atoms with E-state index in [4.69, 9.17) is 4.74 Å². The lowest BCUT2D eigenvalue weighted by atomic mass is 10.1. The van der Waals surface area contributed by atoms with Crippen molar-refractivity contribution in [1.29, 1.82) is 0 Å². The second-order valence-electron chi connectivity index (χ2n) is 3.70. The molecule has 0 saturated carbocycles. The van der Waals surface area contributed by atoms with E-state index in [0.29, 0.717) is 18.9 Å². The molecule has 0 amide bonds. The zero-order valence-corrected chi connectivity index (χ0v) is 8.99. The van der Waals surface area contributed by atoms with Crippen molar-refractivity contribution < 1.29 is 9.53 Å². The quantitative estimate of drug-likeness (QED) is 0.691. The van der Waals surface area contributed by atoms with Gasteiger partial charge in [0.1, 0.15) is 11.5 Å². The number of aromatic nitrogens is 2. The Balaban J connectivity index is 2.16. The first kappa shape index (κ1) is 10.3. The first-order chi connectivity index (χ1) is 7.20. The second kappa shape index (κ2) is 4.12. The number of morpholine rings is 1. The number of Topliss-reactive ketones (excluding diaryl/α,β-unsaturated/α-hetero) is 1. The number of ether oxygens (including phenoxy) is 1. The number of nitrogens with zero attached hydrogens (tertiary/aromatic N) is 2. The van der Waals surface area contributed by atoms with Gasteiger partial charge in [-0.25, -0.2) is 4.98 Å². The molecule has 1 aromatic rings. The van der Waals surface area contributed by atoms with E-state index in [1.54, 1.807) is 10.8 Å². The summed E-state index contributed by atoms with van der Waals surface area (Å²) < 4.78 is 7.06. The molecule has 1 unspecified atom stereocenters. The van der Waals surface area contributed by atoms with Crippen molar-refractivity contribution in [3.63, 3.8) is 0 Å². The zero-order chi connectivity index (χ0) is 10.8. The Morgan fingerprint density at radius 3 is 3.07 bits per heavy atom. The predicted molar refractivity (Wildman–Crippen MR) is 54.9 cm³/mol. The van der Waals surface area contributed by atoms with Gasteiger partial charge in [0, 0.05) is 13.6 Å². The highest BCUT2D eigenvalue weighted by Crippen LogP contribution is 2.07. The Labute approximate surface area is 88.4 Å². The third kappa shape index (κ3) is 1.93. The van der Waals surface area contributed by atoms with Gasteiger partial charge in [-0.3, -0.25) is 4.79 Å². The number of nitrogens with one attached hydrogen (secondary N) is 1. The summed E-state index contributed by atoms with van der Waals surface area (Å²) in [4.78, 5) is 16.1. The highest BCUT2D eigenvalue weighted by Gasteiger charge is 2.24. The van der Waals surface area contributed by atoms with Crippen molar-refractivity contribution in [2.75, 3.05) is 19.8 Å². The standard InChI is InChI=1S/C10H15N3O2/c1-7-12-5-9(13(7)2)10(14)8-6-15-4-3-11-8/h5,8,11H,3-4,6H2,1-2H3. The van der Waals surface area contributed by atoms with Crippen LogP contribution in [-0.2, 0) is 11.8 Å². The predicted octanol–water partition coefficient (Wildman–Crippen LogP) is -0.100. The molecule has 0 spiro atoms. The molecule has 15 heavy (non-hydrogen) atoms. The largest absolute Gasteiger partial charge is 0.378 e. The van der Waals surface area contributed by atoms with Gasteiger partial charge in [-0.05, 0) is 6.92 Å². The molecular weight excluding hydrogens is 194 g/mol. The number of hydrogen-bond acceptors (Lipinski definition) is 4. The molecule has 1 fully saturated rings. The van der Waals surface area contributed by atoms with E-state index in [0.717, 1.165) is 12.4 Å². The van der Waals surface area contributed by atoms with Crippen LogP contribution in [0.5, 0.6) is 0 Å². The van der Waals surface area contributed by atoms with Crippen LogP contribution in [0.4, 0.5) is 0 Å². The molecule has 0 bridgehead atoms. The van der Waals surface area contributed by atoms with Crippen LogP contribution in [0.2, 0.25) is 0 Å². The fraction of sp³-hybridized carbons (Fsp3) is 0.600. The topological polar surface area (TPSA) is 56.1 Å². The van der Waals surface area contributed by atoms with Crippen molar-refractivity contribution in [3.8, 4) is 0 Å². The van der Waals surface area contributed by atoms with Gasteiger partial charge < -0.3 is 14.6 Å². The molecular formula is C10H15N3O2. The van der Waals surface area contributed by atoms with Gasteiger partial charge in [0.2, 0.25) is 0 Å². The fourth-order valence-electron chi connectivity index (χ4n) is 1.64. The van der Waals surface area contributed by atoms with E-state index in [-0.39, 0.29) is 11.8 Å². The van der Waals surface area contributed by atoms with Crippen LogP contribution in [0.3, 0.4) is 0 Å². The molecule has 0 aromatic carbocycles. The van der Waals surface area contributed by atoms with Crippen LogP contribution >= 0.6 is 0 Å². The van der Waals surface area contributed by atoms with Gasteiger partial charge in [-0.15, -0.1) is 0 Å². The van der Waals surface area contributed by atoms with E-state index in [1.807, 2.05) is 14.0 Å². The number of hydrogen-bond donors (Lipinski definition) is 1. The number of carbonyl (C=O) groups is 1. The molecule has 5 heteroatoms. The lowest BCUT2D eigenvalue weighted by Gasteiger charge is -2.22. The van der Waals surface area contributed by atoms with Crippen LogP contribution in [0.25, 0.3) is 0 Å². The summed E-state index contributed by atoms with van der Waals surface area (Å²) in [5.74, 6) is 0.896. The molecule has 1 atom stereocenters. The molecule has 2 rings (SSSR count). The van der Waals surface area contributed by atoms with Crippen LogP contribution in [0.1, 0.15) is 16.3 Å². The number of rotatable bonds is 2. The summed E-state index contributed by atoms with van der Waals surface area (Å²) in [6, 6.07) is -0.228. The number of ketones is 1. The highest BCUT2D eigenvalue weighted by molar-refractivity contribution is 5.98. The minimum atomic E-state index is -0.228. The minimum Gasteiger partial charge on any atom is -0.378 e. The fourth-order valence-corrected chi connectivity index (χ4v) is 1.64. The number of imidazole rings is 1. The lowest BCUT2D eigenvalue weighted by Crippen LogP contribution is -2.46. The Hall–Kier alpha value is -1.20. The molecule has 1 N–H and O–H groups in total. The maximum Gasteiger partial charge on any atom is 0.200 e. The highest BCUT2D eigenvalue weighted by atomic mass is 16.5. The van der Waals surface area contributed by atoms with Crippen molar-refractivity contribution in [1.82, 2.24) is 14.9 Å². The number of aryl methyl sites for hydroxylation is 1. The van der Waals surface area contributed by atoms with Gasteiger partial charge in [-0.1, -0.05) is 0 Å². The average Bonchev–Trinajstić information content (AvgIpc) is 2.60. The van der Waals surface area contributed by atoms with Crippen LogP contribution in [0.15, 0.2) is 6.20 Å². The van der Waals surface area contributed by atoms with Crippen molar-refractivity contribution in [2.24, 2.45) is 7.05 Å². The van der Waals surface area contributed by atoms with Crippen molar-refractivity contribution in [2.45, 2.75) is 13.0 Å². The molecule has 1 saturated heterocycles. The molecule has 1 aliphatic heterocycles. The normalized spacial score (nSPS) is 21.6. The van der Waals surface area contributed by atoms with E-state index in [1.165, 1.54) is 0 Å². The molecule has 2 heterocycles. The van der Waals surface area contributed by atoms with Gasteiger partial charge in [0.25, 0.3) is 0 Å². The second-order valence-corrected chi connectivity index (χ2v) is 3.70. The Morgan fingerprint density at radius 1 is 1.73 bits per heavy atom. The van der Waals surface area contributed by atoms with E-state index >= 15 is 0 Å². The first-order valence-electron chi connectivity index (χ1n) is 5.04. The summed E-state index contributed by atoms with van der Waals surface area (Å²) in [5.41, 5.74) is 0.635. The summed E-state index contributed by atoms with van der Waals surface area (Å²) in [6.07, 6.45) is 1.62. The monoisotopic (exact) mass is 209 g/mol. The summed E-state index contributed by atoms with van der Waals surface area (Å²) in [7, 11) is 1.85. The van der Waals surface area contributed by atoms with Crippen molar-refractivity contribution in [3.05, 3.63) is 17.7 Å². The number of carbonyl (C=O) groups excluding carboxylic acids is 1. The molecule has 0 radical (unpaired) electrons. The maximum atomic E-state index is 12.0. The molecule has 5 nitrogen and oxygen atoms in total. The summed E-state index contributed by atoms with van der Waals surface area (Å²) >= 11 is 0. The lowest BCUT2D eigenvalue weighted by molar-refractivity contribution is 0.0601. The minimum absolute atomic E-state index is 0.0535. The van der Waals surface area contributed by atoms with Crippen LogP contribution in [0, 0.1) is 6.92 Å². The average molecular weight is 209 g/mol. The molecule has 82 valence electrons. The summed E-state index contributed by atoms with van der Waals surface area (Å²) in [5, 5.41) is 3.14. The maximum absolute atomic E-state index is 12.0. The Kier molecular flexibility index (Phi) is 2.83. The molecule has 1 aromatic heterocycles. The smallest absolute Gasteiger partial charge is 0.200 e. The van der Waals surface area contributed by atoms with Crippen molar-refractivity contribution >= 4 is 5.78 Å². The van der Waals surface area contributed by atoms with E-state index in [9.17, 15) is 4.79 Å². The van der Waals surface area contributed by atoms with Gasteiger partial charge in [0.05, 0.1) is 25.5 Å². The first-order valence-corrected chi connectivity index (χ1v) is 5.04.